The van der Waals surface area contributed by atoms with Crippen LogP contribution in [0.2, 0.25) is 5.02 Å². The van der Waals surface area contributed by atoms with Crippen molar-refractivity contribution in [2.45, 2.75) is 25.1 Å². The average molecular weight is 355 g/mol. The Labute approximate surface area is 147 Å². The molecule has 2 atom stereocenters. The molecule has 132 valence electrons. The SMILES string of the molecule is C[C@@H]1[C@@H](c2cccc(Cl)c2)OCCN1C(=O)NC1COCCOC1. The van der Waals surface area contributed by atoms with E-state index < -0.39 is 0 Å². The molecule has 3 rings (SSSR count). The molecule has 0 bridgehead atoms. The van der Waals surface area contributed by atoms with Gasteiger partial charge < -0.3 is 24.4 Å². The minimum atomic E-state index is -0.190. The van der Waals surface area contributed by atoms with Gasteiger partial charge in [-0.25, -0.2) is 4.79 Å². The zero-order chi connectivity index (χ0) is 16.9. The van der Waals surface area contributed by atoms with Crippen LogP contribution in [0.5, 0.6) is 0 Å². The highest BCUT2D eigenvalue weighted by atomic mass is 35.5. The Morgan fingerprint density at radius 2 is 2.00 bits per heavy atom. The molecule has 0 saturated carbocycles. The van der Waals surface area contributed by atoms with Gasteiger partial charge in [0.25, 0.3) is 0 Å². The Morgan fingerprint density at radius 3 is 2.71 bits per heavy atom. The molecule has 2 fully saturated rings. The Morgan fingerprint density at radius 1 is 1.25 bits per heavy atom. The van der Waals surface area contributed by atoms with E-state index in [9.17, 15) is 4.79 Å². The summed E-state index contributed by atoms with van der Waals surface area (Å²) >= 11 is 6.08. The molecule has 24 heavy (non-hydrogen) atoms. The van der Waals surface area contributed by atoms with Gasteiger partial charge in [-0.3, -0.25) is 0 Å². The van der Waals surface area contributed by atoms with Gasteiger partial charge in [0.05, 0.1) is 45.1 Å². The van der Waals surface area contributed by atoms with E-state index >= 15 is 0 Å². The van der Waals surface area contributed by atoms with Crippen molar-refractivity contribution < 1.29 is 19.0 Å². The molecule has 6 nitrogen and oxygen atoms in total. The second kappa shape index (κ2) is 8.16. The number of carbonyl (C=O) groups excluding carboxylic acids is 1. The van der Waals surface area contributed by atoms with Crippen LogP contribution in [-0.2, 0) is 14.2 Å². The average Bonchev–Trinajstić information content (AvgIpc) is 2.83. The van der Waals surface area contributed by atoms with Crippen molar-refractivity contribution in [3.63, 3.8) is 0 Å². The van der Waals surface area contributed by atoms with Crippen LogP contribution in [0.4, 0.5) is 4.79 Å². The molecule has 2 amide bonds. The van der Waals surface area contributed by atoms with Crippen molar-refractivity contribution in [2.75, 3.05) is 39.6 Å². The maximum absolute atomic E-state index is 12.7. The number of carbonyl (C=O) groups is 1. The minimum Gasteiger partial charge on any atom is -0.377 e. The van der Waals surface area contributed by atoms with E-state index in [1.807, 2.05) is 31.2 Å². The van der Waals surface area contributed by atoms with Gasteiger partial charge in [0, 0.05) is 11.6 Å². The Kier molecular flexibility index (Phi) is 5.94. The van der Waals surface area contributed by atoms with E-state index in [4.69, 9.17) is 25.8 Å². The zero-order valence-corrected chi connectivity index (χ0v) is 14.5. The molecule has 0 unspecified atom stereocenters. The highest BCUT2D eigenvalue weighted by Gasteiger charge is 2.34. The summed E-state index contributed by atoms with van der Waals surface area (Å²) in [5, 5.41) is 3.66. The van der Waals surface area contributed by atoms with Gasteiger partial charge in [0.15, 0.2) is 0 Å². The fourth-order valence-electron chi connectivity index (χ4n) is 3.09. The van der Waals surface area contributed by atoms with Gasteiger partial charge in [-0.1, -0.05) is 23.7 Å². The Bertz CT molecular complexity index is 563. The van der Waals surface area contributed by atoms with E-state index in [-0.39, 0.29) is 24.2 Å². The highest BCUT2D eigenvalue weighted by Crippen LogP contribution is 2.29. The number of benzene rings is 1. The van der Waals surface area contributed by atoms with Crippen molar-refractivity contribution >= 4 is 17.6 Å². The molecule has 1 aromatic rings. The summed E-state index contributed by atoms with van der Waals surface area (Å²) in [6.45, 7) is 5.12. The fourth-order valence-corrected chi connectivity index (χ4v) is 3.29. The second-order valence-corrected chi connectivity index (χ2v) is 6.51. The monoisotopic (exact) mass is 354 g/mol. The third-order valence-electron chi connectivity index (χ3n) is 4.34. The van der Waals surface area contributed by atoms with Crippen LogP contribution >= 0.6 is 11.6 Å². The predicted molar refractivity (Wildman–Crippen MR) is 90.3 cm³/mol. The first-order valence-corrected chi connectivity index (χ1v) is 8.62. The topological polar surface area (TPSA) is 60.0 Å². The maximum Gasteiger partial charge on any atom is 0.318 e. The summed E-state index contributed by atoms with van der Waals surface area (Å²) in [4.78, 5) is 14.5. The quantitative estimate of drug-likeness (QED) is 0.884. The summed E-state index contributed by atoms with van der Waals surface area (Å²) in [5.41, 5.74) is 0.980. The number of hydrogen-bond donors (Lipinski definition) is 1. The second-order valence-electron chi connectivity index (χ2n) is 6.08. The van der Waals surface area contributed by atoms with Crippen molar-refractivity contribution in [2.24, 2.45) is 0 Å². The maximum atomic E-state index is 12.7. The molecule has 0 aromatic heterocycles. The number of urea groups is 1. The first kappa shape index (κ1) is 17.5. The van der Waals surface area contributed by atoms with Crippen molar-refractivity contribution in [3.05, 3.63) is 34.9 Å². The van der Waals surface area contributed by atoms with E-state index in [0.29, 0.717) is 44.6 Å². The van der Waals surface area contributed by atoms with Gasteiger partial charge in [-0.15, -0.1) is 0 Å². The number of nitrogens with zero attached hydrogens (tertiary/aromatic N) is 1. The van der Waals surface area contributed by atoms with Gasteiger partial charge in [-0.05, 0) is 24.6 Å². The Balaban J connectivity index is 1.65. The first-order chi connectivity index (χ1) is 11.6. The first-order valence-electron chi connectivity index (χ1n) is 8.25. The third-order valence-corrected chi connectivity index (χ3v) is 4.57. The van der Waals surface area contributed by atoms with Crippen molar-refractivity contribution in [3.8, 4) is 0 Å². The lowest BCUT2D eigenvalue weighted by atomic mass is 10.0. The molecule has 0 spiro atoms. The van der Waals surface area contributed by atoms with Crippen LogP contribution in [0, 0.1) is 0 Å². The van der Waals surface area contributed by atoms with Gasteiger partial charge in [-0.2, -0.15) is 0 Å². The molecule has 0 radical (unpaired) electrons. The van der Waals surface area contributed by atoms with Gasteiger partial charge in [0.1, 0.15) is 6.10 Å². The van der Waals surface area contributed by atoms with E-state index in [0.717, 1.165) is 5.56 Å². The molecule has 0 aliphatic carbocycles. The van der Waals surface area contributed by atoms with Crippen LogP contribution in [0.25, 0.3) is 0 Å². The smallest absolute Gasteiger partial charge is 0.318 e. The number of ether oxygens (including phenoxy) is 3. The number of amides is 2. The molecule has 2 saturated heterocycles. The molecule has 1 N–H and O–H groups in total. The third kappa shape index (κ3) is 4.19. The summed E-state index contributed by atoms with van der Waals surface area (Å²) in [7, 11) is 0. The molecule has 2 heterocycles. The lowest BCUT2D eigenvalue weighted by Gasteiger charge is -2.40. The molecule has 2 aliphatic heterocycles. The van der Waals surface area contributed by atoms with E-state index in [1.165, 1.54) is 0 Å². The van der Waals surface area contributed by atoms with Crippen molar-refractivity contribution in [1.29, 1.82) is 0 Å². The van der Waals surface area contributed by atoms with Crippen LogP contribution in [0.1, 0.15) is 18.6 Å². The highest BCUT2D eigenvalue weighted by molar-refractivity contribution is 6.30. The summed E-state index contributed by atoms with van der Waals surface area (Å²) in [5.74, 6) is 0. The summed E-state index contributed by atoms with van der Waals surface area (Å²) < 4.78 is 16.7. The molecular formula is C17H23ClN2O4. The number of nitrogens with one attached hydrogen (secondary N) is 1. The standard InChI is InChI=1S/C17H23ClN2O4/c1-12-16(13-3-2-4-14(18)9-13)24-6-5-20(12)17(21)19-15-10-22-7-8-23-11-15/h2-4,9,12,15-16H,5-8,10-11H2,1H3,(H,19,21)/t12-,16+/m1/s1. The Hall–Kier alpha value is -1.34. The lowest BCUT2D eigenvalue weighted by Crippen LogP contribution is -2.55. The molecular weight excluding hydrogens is 332 g/mol. The predicted octanol–water partition coefficient (Wildman–Crippen LogP) is 2.23. The van der Waals surface area contributed by atoms with Crippen LogP contribution in [0.3, 0.4) is 0 Å². The molecule has 1 aromatic carbocycles. The molecule has 2 aliphatic rings. The normalized spacial score (nSPS) is 26.0. The largest absolute Gasteiger partial charge is 0.377 e. The van der Waals surface area contributed by atoms with Gasteiger partial charge in [0.2, 0.25) is 0 Å². The zero-order valence-electron chi connectivity index (χ0n) is 13.7. The number of halogens is 1. The van der Waals surface area contributed by atoms with Crippen LogP contribution in [-0.4, -0.2) is 62.6 Å². The number of morpholine rings is 1. The van der Waals surface area contributed by atoms with Gasteiger partial charge >= 0.3 is 6.03 Å². The summed E-state index contributed by atoms with van der Waals surface area (Å²) in [6.07, 6.45) is -0.190. The number of rotatable bonds is 2. The number of hydrogen-bond acceptors (Lipinski definition) is 4. The lowest BCUT2D eigenvalue weighted by molar-refractivity contribution is -0.0504. The van der Waals surface area contributed by atoms with E-state index in [2.05, 4.69) is 5.32 Å². The van der Waals surface area contributed by atoms with Crippen LogP contribution in [0.15, 0.2) is 24.3 Å². The summed E-state index contributed by atoms with van der Waals surface area (Å²) in [6, 6.07) is 7.25. The van der Waals surface area contributed by atoms with Crippen LogP contribution < -0.4 is 5.32 Å². The molecule has 7 heteroatoms. The van der Waals surface area contributed by atoms with Crippen molar-refractivity contribution in [1.82, 2.24) is 10.2 Å². The van der Waals surface area contributed by atoms with E-state index in [1.54, 1.807) is 4.90 Å². The minimum absolute atomic E-state index is 0.0927. The fraction of sp³-hybridized carbons (Fsp3) is 0.588.